The Labute approximate surface area is 166 Å². The van der Waals surface area contributed by atoms with Crippen molar-refractivity contribution < 1.29 is 32.5 Å². The minimum atomic E-state index is -4.74. The van der Waals surface area contributed by atoms with E-state index in [0.29, 0.717) is 17.1 Å². The third-order valence-corrected chi connectivity index (χ3v) is 5.15. The van der Waals surface area contributed by atoms with Gasteiger partial charge >= 0.3 is 6.36 Å². The summed E-state index contributed by atoms with van der Waals surface area (Å²) >= 11 is 0. The summed E-state index contributed by atoms with van der Waals surface area (Å²) in [7, 11) is 2.04. The maximum Gasteiger partial charge on any atom is 0.573 e. The van der Waals surface area contributed by atoms with E-state index in [0.717, 1.165) is 31.7 Å². The van der Waals surface area contributed by atoms with Gasteiger partial charge in [0.1, 0.15) is 11.5 Å². The van der Waals surface area contributed by atoms with Crippen LogP contribution in [-0.2, 0) is 0 Å². The molecule has 9 heteroatoms. The van der Waals surface area contributed by atoms with Gasteiger partial charge in [-0.2, -0.15) is 0 Å². The van der Waals surface area contributed by atoms with Crippen LogP contribution in [0.25, 0.3) is 0 Å². The molecule has 29 heavy (non-hydrogen) atoms. The van der Waals surface area contributed by atoms with Gasteiger partial charge in [-0.05, 0) is 30.8 Å². The molecule has 1 N–H and O–H groups in total. The summed E-state index contributed by atoms with van der Waals surface area (Å²) in [6, 6.07) is 8.66. The first-order chi connectivity index (χ1) is 13.8. The number of rotatable bonds is 4. The topological polar surface area (TPSA) is 54.4 Å². The molecule has 1 atom stereocenters. The lowest BCUT2D eigenvalue weighted by Gasteiger charge is -2.38. The van der Waals surface area contributed by atoms with E-state index in [9.17, 15) is 18.3 Å². The van der Waals surface area contributed by atoms with Crippen LogP contribution >= 0.6 is 0 Å². The van der Waals surface area contributed by atoms with E-state index in [-0.39, 0.29) is 24.3 Å². The number of ether oxygens (including phenoxy) is 3. The second-order valence-corrected chi connectivity index (χ2v) is 7.12. The number of aromatic hydroxyl groups is 1. The number of benzene rings is 2. The highest BCUT2D eigenvalue weighted by molar-refractivity contribution is 5.54. The smallest absolute Gasteiger partial charge is 0.507 e. The molecule has 1 saturated heterocycles. The van der Waals surface area contributed by atoms with Crippen molar-refractivity contribution in [2.75, 3.05) is 40.0 Å². The van der Waals surface area contributed by atoms with Crippen molar-refractivity contribution in [1.29, 1.82) is 0 Å². The minimum Gasteiger partial charge on any atom is -0.507 e. The SMILES string of the molecule is CN1CCN(C(c2ccc(OC(F)(F)F)cc2)c2cc3c(cc2O)OCO3)CC1. The molecule has 156 valence electrons. The molecular formula is C20H21F3N2O4. The summed E-state index contributed by atoms with van der Waals surface area (Å²) in [6.07, 6.45) is -4.74. The molecule has 6 nitrogen and oxygen atoms in total. The fraction of sp³-hybridized carbons (Fsp3) is 0.400. The zero-order valence-electron chi connectivity index (χ0n) is 15.8. The first-order valence-electron chi connectivity index (χ1n) is 9.21. The molecule has 2 aliphatic heterocycles. The maximum atomic E-state index is 12.5. The fourth-order valence-electron chi connectivity index (χ4n) is 3.68. The molecule has 0 aliphatic carbocycles. The van der Waals surface area contributed by atoms with Crippen LogP contribution in [0.5, 0.6) is 23.0 Å². The van der Waals surface area contributed by atoms with E-state index in [1.165, 1.54) is 18.2 Å². The Balaban J connectivity index is 1.70. The lowest BCUT2D eigenvalue weighted by atomic mass is 9.95. The highest BCUT2D eigenvalue weighted by atomic mass is 19.4. The molecule has 0 saturated carbocycles. The fourth-order valence-corrected chi connectivity index (χ4v) is 3.68. The van der Waals surface area contributed by atoms with Crippen molar-refractivity contribution in [2.45, 2.75) is 12.4 Å². The maximum absolute atomic E-state index is 12.5. The Kier molecular flexibility index (Phi) is 5.18. The Bertz CT molecular complexity index is 865. The van der Waals surface area contributed by atoms with Gasteiger partial charge in [-0.1, -0.05) is 12.1 Å². The molecule has 1 unspecified atom stereocenters. The largest absolute Gasteiger partial charge is 0.573 e. The number of alkyl halides is 3. The zero-order chi connectivity index (χ0) is 20.6. The van der Waals surface area contributed by atoms with Gasteiger partial charge in [-0.25, -0.2) is 0 Å². The second kappa shape index (κ2) is 7.64. The number of phenolic OH excluding ortho intramolecular Hbond substituents is 1. The van der Waals surface area contributed by atoms with E-state index in [1.807, 2.05) is 7.05 Å². The van der Waals surface area contributed by atoms with Gasteiger partial charge in [0.05, 0.1) is 6.04 Å². The van der Waals surface area contributed by atoms with Crippen LogP contribution in [0.15, 0.2) is 36.4 Å². The van der Waals surface area contributed by atoms with Crippen LogP contribution in [0.4, 0.5) is 13.2 Å². The summed E-state index contributed by atoms with van der Waals surface area (Å²) in [5, 5.41) is 10.7. The van der Waals surface area contributed by atoms with Gasteiger partial charge in [-0.3, -0.25) is 4.90 Å². The molecule has 0 spiro atoms. The van der Waals surface area contributed by atoms with Gasteiger partial charge in [-0.15, -0.1) is 13.2 Å². The molecule has 2 aromatic carbocycles. The molecule has 2 heterocycles. The quantitative estimate of drug-likeness (QED) is 0.835. The van der Waals surface area contributed by atoms with Crippen molar-refractivity contribution in [2.24, 2.45) is 0 Å². The summed E-state index contributed by atoms with van der Waals surface area (Å²) in [5.41, 5.74) is 1.36. The summed E-state index contributed by atoms with van der Waals surface area (Å²) < 4.78 is 52.2. The van der Waals surface area contributed by atoms with Gasteiger partial charge in [0, 0.05) is 37.8 Å². The molecule has 4 rings (SSSR count). The molecule has 0 aromatic heterocycles. The van der Waals surface area contributed by atoms with Gasteiger partial charge in [0.25, 0.3) is 0 Å². The van der Waals surface area contributed by atoms with Crippen molar-refractivity contribution in [3.8, 4) is 23.0 Å². The average Bonchev–Trinajstić information content (AvgIpc) is 3.11. The Hall–Kier alpha value is -2.65. The van der Waals surface area contributed by atoms with E-state index in [1.54, 1.807) is 18.2 Å². The average molecular weight is 410 g/mol. The molecular weight excluding hydrogens is 389 g/mol. The number of fused-ring (bicyclic) bond motifs is 1. The van der Waals surface area contributed by atoms with Crippen LogP contribution in [0.1, 0.15) is 17.2 Å². The normalized spacial score (nSPS) is 18.6. The van der Waals surface area contributed by atoms with Crippen molar-refractivity contribution in [3.05, 3.63) is 47.5 Å². The molecule has 0 bridgehead atoms. The standard InChI is InChI=1S/C20H21F3N2O4/c1-24-6-8-25(9-7-24)19(13-2-4-14(5-3-13)29-20(21,22)23)15-10-17-18(11-16(15)26)28-12-27-17/h2-5,10-11,19,26H,6-9,12H2,1H3. The predicted octanol–water partition coefficient (Wildman–Crippen LogP) is 3.36. The lowest BCUT2D eigenvalue weighted by Crippen LogP contribution is -2.46. The number of likely N-dealkylation sites (N-methyl/N-ethyl adjacent to an activating group) is 1. The lowest BCUT2D eigenvalue weighted by molar-refractivity contribution is -0.274. The minimum absolute atomic E-state index is 0.0498. The third-order valence-electron chi connectivity index (χ3n) is 5.15. The van der Waals surface area contributed by atoms with Crippen LogP contribution in [0.2, 0.25) is 0 Å². The first-order valence-corrected chi connectivity index (χ1v) is 9.21. The van der Waals surface area contributed by atoms with Gasteiger partial charge in [0.2, 0.25) is 6.79 Å². The Morgan fingerprint density at radius 3 is 2.24 bits per heavy atom. The number of piperazine rings is 1. The summed E-state index contributed by atoms with van der Waals surface area (Å²) in [4.78, 5) is 4.39. The monoisotopic (exact) mass is 410 g/mol. The summed E-state index contributed by atoms with van der Waals surface area (Å²) in [6.45, 7) is 3.26. The van der Waals surface area contributed by atoms with E-state index < -0.39 is 6.36 Å². The van der Waals surface area contributed by atoms with Crippen LogP contribution in [0.3, 0.4) is 0 Å². The summed E-state index contributed by atoms with van der Waals surface area (Å²) in [5.74, 6) is 0.772. The van der Waals surface area contributed by atoms with Crippen molar-refractivity contribution in [3.63, 3.8) is 0 Å². The van der Waals surface area contributed by atoms with Gasteiger partial charge < -0.3 is 24.2 Å². The van der Waals surface area contributed by atoms with E-state index in [4.69, 9.17) is 9.47 Å². The van der Waals surface area contributed by atoms with E-state index >= 15 is 0 Å². The molecule has 2 aromatic rings. The van der Waals surface area contributed by atoms with Crippen molar-refractivity contribution in [1.82, 2.24) is 9.80 Å². The number of halogens is 3. The molecule has 1 fully saturated rings. The Morgan fingerprint density at radius 1 is 1.00 bits per heavy atom. The number of hydrogen-bond acceptors (Lipinski definition) is 6. The second-order valence-electron chi connectivity index (χ2n) is 7.12. The number of hydrogen-bond donors (Lipinski definition) is 1. The van der Waals surface area contributed by atoms with Crippen LogP contribution < -0.4 is 14.2 Å². The van der Waals surface area contributed by atoms with E-state index in [2.05, 4.69) is 14.5 Å². The molecule has 2 aliphatic rings. The highest BCUT2D eigenvalue weighted by Crippen LogP contribution is 2.43. The zero-order valence-corrected chi connectivity index (χ0v) is 15.8. The Morgan fingerprint density at radius 2 is 1.62 bits per heavy atom. The van der Waals surface area contributed by atoms with Crippen molar-refractivity contribution >= 4 is 0 Å². The third kappa shape index (κ3) is 4.35. The number of phenols is 1. The van der Waals surface area contributed by atoms with Crippen LogP contribution in [0, 0.1) is 0 Å². The highest BCUT2D eigenvalue weighted by Gasteiger charge is 2.32. The molecule has 0 radical (unpaired) electrons. The molecule has 0 amide bonds. The first kappa shape index (κ1) is 19.7. The predicted molar refractivity (Wildman–Crippen MR) is 98.3 cm³/mol. The van der Waals surface area contributed by atoms with Crippen LogP contribution in [-0.4, -0.2) is 61.3 Å². The number of nitrogens with zero attached hydrogens (tertiary/aromatic N) is 2. The van der Waals surface area contributed by atoms with Gasteiger partial charge in [0.15, 0.2) is 11.5 Å².